The Hall–Kier alpha value is -1.61. The molecule has 0 aliphatic heterocycles. The van der Waals surface area contributed by atoms with Crippen LogP contribution in [0.3, 0.4) is 0 Å². The number of hydrogen-bond acceptors (Lipinski definition) is 2. The summed E-state index contributed by atoms with van der Waals surface area (Å²) in [5.41, 5.74) is 2.20. The van der Waals surface area contributed by atoms with Gasteiger partial charge in [0.25, 0.3) is 0 Å². The van der Waals surface area contributed by atoms with Crippen LogP contribution in [0.4, 0.5) is 0 Å². The van der Waals surface area contributed by atoms with Gasteiger partial charge in [0.15, 0.2) is 0 Å². The second-order valence-electron chi connectivity index (χ2n) is 5.04. The Morgan fingerprint density at radius 1 is 1.18 bits per heavy atom. The van der Waals surface area contributed by atoms with Crippen LogP contribution in [0.15, 0.2) is 43.0 Å². The molecule has 0 amide bonds. The molecule has 90 valence electrons. The monoisotopic (exact) mass is 230 g/mol. The standard InChI is InChI=1S/C14H18N2O/c1-14(2,3)17-10-12-4-6-13(7-5-12)16-9-8-15-11-16/h4-9,11H,10H2,1-3H3. The molecular formula is C14H18N2O. The fraction of sp³-hybridized carbons (Fsp3) is 0.357. The zero-order valence-corrected chi connectivity index (χ0v) is 10.6. The van der Waals surface area contributed by atoms with Crippen molar-refractivity contribution in [3.05, 3.63) is 48.5 Å². The molecule has 3 nitrogen and oxygen atoms in total. The van der Waals surface area contributed by atoms with E-state index in [0.29, 0.717) is 6.61 Å². The van der Waals surface area contributed by atoms with Crippen LogP contribution >= 0.6 is 0 Å². The molecule has 1 aromatic heterocycles. The van der Waals surface area contributed by atoms with Crippen molar-refractivity contribution in [1.82, 2.24) is 9.55 Å². The normalized spacial score (nSPS) is 11.7. The molecule has 0 saturated carbocycles. The summed E-state index contributed by atoms with van der Waals surface area (Å²) >= 11 is 0. The fourth-order valence-corrected chi connectivity index (χ4v) is 1.48. The molecule has 2 aromatic rings. The average molecular weight is 230 g/mol. The maximum Gasteiger partial charge on any atom is 0.0991 e. The lowest BCUT2D eigenvalue weighted by Gasteiger charge is -2.19. The quantitative estimate of drug-likeness (QED) is 0.809. The van der Waals surface area contributed by atoms with Gasteiger partial charge in [-0.05, 0) is 38.5 Å². The Morgan fingerprint density at radius 3 is 2.41 bits per heavy atom. The first-order valence-electron chi connectivity index (χ1n) is 5.76. The maximum absolute atomic E-state index is 5.73. The molecule has 0 bridgehead atoms. The summed E-state index contributed by atoms with van der Waals surface area (Å²) < 4.78 is 7.71. The van der Waals surface area contributed by atoms with Crippen LogP contribution in [-0.4, -0.2) is 15.2 Å². The first kappa shape index (κ1) is 11.9. The lowest BCUT2D eigenvalue weighted by molar-refractivity contribution is -0.0149. The molecule has 0 aliphatic rings. The molecule has 0 radical (unpaired) electrons. The van der Waals surface area contributed by atoms with Crippen LogP contribution in [0.5, 0.6) is 0 Å². The van der Waals surface area contributed by atoms with Crippen LogP contribution in [0.25, 0.3) is 5.69 Å². The zero-order chi connectivity index (χ0) is 12.3. The molecule has 0 spiro atoms. The first-order valence-corrected chi connectivity index (χ1v) is 5.76. The topological polar surface area (TPSA) is 27.1 Å². The number of nitrogens with zero attached hydrogens (tertiary/aromatic N) is 2. The third-order valence-electron chi connectivity index (χ3n) is 2.41. The summed E-state index contributed by atoms with van der Waals surface area (Å²) in [6, 6.07) is 8.31. The highest BCUT2D eigenvalue weighted by atomic mass is 16.5. The number of imidazole rings is 1. The predicted octanol–water partition coefficient (Wildman–Crippen LogP) is 3.19. The second-order valence-corrected chi connectivity index (χ2v) is 5.04. The van der Waals surface area contributed by atoms with Crippen molar-refractivity contribution in [2.24, 2.45) is 0 Å². The SMILES string of the molecule is CC(C)(C)OCc1ccc(-n2ccnc2)cc1. The smallest absolute Gasteiger partial charge is 0.0991 e. The van der Waals surface area contributed by atoms with E-state index in [-0.39, 0.29) is 5.60 Å². The molecule has 0 N–H and O–H groups in total. The van der Waals surface area contributed by atoms with Crippen molar-refractivity contribution in [3.63, 3.8) is 0 Å². The zero-order valence-electron chi connectivity index (χ0n) is 10.6. The summed E-state index contributed by atoms with van der Waals surface area (Å²) in [6.45, 7) is 6.83. The molecule has 1 aromatic carbocycles. The maximum atomic E-state index is 5.73. The molecule has 0 aliphatic carbocycles. The number of hydrogen-bond donors (Lipinski definition) is 0. The van der Waals surface area contributed by atoms with Crippen molar-refractivity contribution in [1.29, 1.82) is 0 Å². The minimum atomic E-state index is -0.0942. The summed E-state index contributed by atoms with van der Waals surface area (Å²) in [5, 5.41) is 0. The molecule has 0 unspecified atom stereocenters. The van der Waals surface area contributed by atoms with E-state index < -0.39 is 0 Å². The third-order valence-corrected chi connectivity index (χ3v) is 2.41. The Kier molecular flexibility index (Phi) is 3.29. The number of aromatic nitrogens is 2. The second kappa shape index (κ2) is 4.72. The van der Waals surface area contributed by atoms with Crippen LogP contribution < -0.4 is 0 Å². The van der Waals surface area contributed by atoms with Crippen molar-refractivity contribution in [2.45, 2.75) is 33.0 Å². The van der Waals surface area contributed by atoms with Crippen LogP contribution in [0.2, 0.25) is 0 Å². The van der Waals surface area contributed by atoms with E-state index in [1.54, 1.807) is 12.5 Å². The van der Waals surface area contributed by atoms with Gasteiger partial charge in [-0.15, -0.1) is 0 Å². The van der Waals surface area contributed by atoms with Gasteiger partial charge in [-0.3, -0.25) is 0 Å². The van der Waals surface area contributed by atoms with Gasteiger partial charge in [0.1, 0.15) is 0 Å². The van der Waals surface area contributed by atoms with E-state index in [4.69, 9.17) is 4.74 Å². The van der Waals surface area contributed by atoms with Crippen molar-refractivity contribution < 1.29 is 4.74 Å². The minimum Gasteiger partial charge on any atom is -0.371 e. The van der Waals surface area contributed by atoms with Gasteiger partial charge in [-0.1, -0.05) is 12.1 Å². The summed E-state index contributed by atoms with van der Waals surface area (Å²) in [7, 11) is 0. The van der Waals surface area contributed by atoms with Crippen molar-refractivity contribution in [2.75, 3.05) is 0 Å². The van der Waals surface area contributed by atoms with E-state index in [1.165, 1.54) is 5.56 Å². The average Bonchev–Trinajstić information content (AvgIpc) is 2.79. The number of benzene rings is 1. The number of rotatable bonds is 3. The van der Waals surface area contributed by atoms with Gasteiger partial charge in [0, 0.05) is 18.1 Å². The van der Waals surface area contributed by atoms with Gasteiger partial charge in [-0.2, -0.15) is 0 Å². The van der Waals surface area contributed by atoms with Gasteiger partial charge >= 0.3 is 0 Å². The van der Waals surface area contributed by atoms with Gasteiger partial charge in [0.2, 0.25) is 0 Å². The summed E-state index contributed by atoms with van der Waals surface area (Å²) in [5.74, 6) is 0. The Balaban J connectivity index is 2.04. The predicted molar refractivity (Wildman–Crippen MR) is 68.1 cm³/mol. The lowest BCUT2D eigenvalue weighted by Crippen LogP contribution is -2.18. The van der Waals surface area contributed by atoms with Crippen LogP contribution in [-0.2, 0) is 11.3 Å². The highest BCUT2D eigenvalue weighted by molar-refractivity contribution is 5.34. The Morgan fingerprint density at radius 2 is 1.88 bits per heavy atom. The molecule has 17 heavy (non-hydrogen) atoms. The van der Waals surface area contributed by atoms with Gasteiger partial charge in [0.05, 0.1) is 18.5 Å². The molecule has 2 rings (SSSR count). The molecule has 0 saturated heterocycles. The molecular weight excluding hydrogens is 212 g/mol. The lowest BCUT2D eigenvalue weighted by atomic mass is 10.1. The van der Waals surface area contributed by atoms with E-state index in [0.717, 1.165) is 5.69 Å². The Labute approximate surface area is 102 Å². The molecule has 3 heteroatoms. The fourth-order valence-electron chi connectivity index (χ4n) is 1.48. The van der Waals surface area contributed by atoms with E-state index in [1.807, 2.05) is 10.8 Å². The first-order chi connectivity index (χ1) is 8.04. The number of ether oxygens (including phenoxy) is 1. The largest absolute Gasteiger partial charge is 0.371 e. The van der Waals surface area contributed by atoms with Gasteiger partial charge in [-0.25, -0.2) is 4.98 Å². The highest BCUT2D eigenvalue weighted by Gasteiger charge is 2.09. The minimum absolute atomic E-state index is 0.0942. The van der Waals surface area contributed by atoms with E-state index in [2.05, 4.69) is 50.0 Å². The van der Waals surface area contributed by atoms with Gasteiger partial charge < -0.3 is 9.30 Å². The summed E-state index contributed by atoms with van der Waals surface area (Å²) in [4.78, 5) is 4.03. The summed E-state index contributed by atoms with van der Waals surface area (Å²) in [6.07, 6.45) is 5.50. The van der Waals surface area contributed by atoms with Crippen LogP contribution in [0, 0.1) is 0 Å². The molecule has 0 fully saturated rings. The van der Waals surface area contributed by atoms with Crippen molar-refractivity contribution in [3.8, 4) is 5.69 Å². The van der Waals surface area contributed by atoms with E-state index >= 15 is 0 Å². The highest BCUT2D eigenvalue weighted by Crippen LogP contribution is 2.14. The third kappa shape index (κ3) is 3.43. The van der Waals surface area contributed by atoms with Crippen molar-refractivity contribution >= 4 is 0 Å². The molecule has 0 atom stereocenters. The van der Waals surface area contributed by atoms with Crippen LogP contribution in [0.1, 0.15) is 26.3 Å². The van der Waals surface area contributed by atoms with E-state index in [9.17, 15) is 0 Å². The Bertz CT molecular complexity index is 452. The molecule has 1 heterocycles.